The molecule has 2 N–H and O–H groups in total. The lowest BCUT2D eigenvalue weighted by atomic mass is 10.0. The predicted molar refractivity (Wildman–Crippen MR) is 76.4 cm³/mol. The zero-order chi connectivity index (χ0) is 13.8. The molecule has 0 spiro atoms. The van der Waals surface area contributed by atoms with Crippen molar-refractivity contribution in [1.29, 1.82) is 0 Å². The van der Waals surface area contributed by atoms with Gasteiger partial charge in [-0.05, 0) is 34.5 Å². The Kier molecular flexibility index (Phi) is 4.29. The van der Waals surface area contributed by atoms with Crippen LogP contribution in [0.15, 0.2) is 29.0 Å². The summed E-state index contributed by atoms with van der Waals surface area (Å²) in [6, 6.07) is 5.50. The van der Waals surface area contributed by atoms with E-state index in [4.69, 9.17) is 19.9 Å². The summed E-state index contributed by atoms with van der Waals surface area (Å²) in [5.41, 5.74) is 8.21. The van der Waals surface area contributed by atoms with E-state index in [0.717, 1.165) is 11.1 Å². The first-order chi connectivity index (χ1) is 9.22. The molecule has 1 aromatic carbocycles. The maximum Gasteiger partial charge on any atom is 0.203 e. The minimum Gasteiger partial charge on any atom is -0.493 e. The molecule has 0 aliphatic rings. The number of methoxy groups -OCH3 is 3. The Bertz CT molecular complexity index is 540. The largest absolute Gasteiger partial charge is 0.493 e. The average Bonchev–Trinajstić information content (AvgIpc) is 2.98. The Morgan fingerprint density at radius 3 is 2.26 bits per heavy atom. The van der Waals surface area contributed by atoms with E-state index in [0.29, 0.717) is 17.2 Å². The number of nitrogens with two attached hydrogens (primary N) is 1. The van der Waals surface area contributed by atoms with Crippen LogP contribution >= 0.6 is 11.3 Å². The summed E-state index contributed by atoms with van der Waals surface area (Å²) in [6.45, 7) is 0. The number of hydrogen-bond donors (Lipinski definition) is 1. The van der Waals surface area contributed by atoms with Gasteiger partial charge in [-0.15, -0.1) is 0 Å². The average molecular weight is 279 g/mol. The van der Waals surface area contributed by atoms with Crippen LogP contribution in [0.4, 0.5) is 0 Å². The standard InChI is InChI=1S/C14H17NO3S/c1-16-11-5-4-10(13(17-2)14(11)18-3)12(15)9-6-7-19-8-9/h4-8,12H,15H2,1-3H3. The van der Waals surface area contributed by atoms with Crippen LogP contribution in [-0.4, -0.2) is 21.3 Å². The topological polar surface area (TPSA) is 53.7 Å². The first kappa shape index (κ1) is 13.7. The number of ether oxygens (including phenoxy) is 3. The predicted octanol–water partition coefficient (Wildman–Crippen LogP) is 2.82. The zero-order valence-electron chi connectivity index (χ0n) is 11.2. The molecule has 1 atom stereocenters. The molecule has 4 nitrogen and oxygen atoms in total. The van der Waals surface area contributed by atoms with Crippen molar-refractivity contribution in [3.8, 4) is 17.2 Å². The molecule has 0 amide bonds. The fraction of sp³-hybridized carbons (Fsp3) is 0.286. The van der Waals surface area contributed by atoms with Gasteiger partial charge in [0.15, 0.2) is 11.5 Å². The Morgan fingerprint density at radius 2 is 1.74 bits per heavy atom. The summed E-state index contributed by atoms with van der Waals surface area (Å²) in [5, 5.41) is 4.03. The third kappa shape index (κ3) is 2.52. The molecule has 0 aliphatic carbocycles. The molecular weight excluding hydrogens is 262 g/mol. The molecule has 0 bridgehead atoms. The van der Waals surface area contributed by atoms with E-state index in [9.17, 15) is 0 Å². The van der Waals surface area contributed by atoms with Gasteiger partial charge in [0.25, 0.3) is 0 Å². The molecule has 1 unspecified atom stereocenters. The summed E-state index contributed by atoms with van der Waals surface area (Å²) in [5.74, 6) is 1.80. The van der Waals surface area contributed by atoms with Gasteiger partial charge < -0.3 is 19.9 Å². The second-order valence-corrected chi connectivity index (χ2v) is 4.74. The molecule has 1 aromatic heterocycles. The highest BCUT2D eigenvalue weighted by Gasteiger charge is 2.21. The van der Waals surface area contributed by atoms with E-state index in [1.54, 1.807) is 32.7 Å². The molecule has 0 aliphatic heterocycles. The van der Waals surface area contributed by atoms with Gasteiger partial charge in [-0.1, -0.05) is 0 Å². The van der Waals surface area contributed by atoms with Crippen molar-refractivity contribution in [3.63, 3.8) is 0 Å². The van der Waals surface area contributed by atoms with Crippen molar-refractivity contribution in [1.82, 2.24) is 0 Å². The van der Waals surface area contributed by atoms with Crippen molar-refractivity contribution in [2.24, 2.45) is 5.73 Å². The number of hydrogen-bond acceptors (Lipinski definition) is 5. The first-order valence-electron chi connectivity index (χ1n) is 5.79. The molecular formula is C14H17NO3S. The first-order valence-corrected chi connectivity index (χ1v) is 6.73. The van der Waals surface area contributed by atoms with Crippen LogP contribution in [0, 0.1) is 0 Å². The molecule has 2 aromatic rings. The summed E-state index contributed by atoms with van der Waals surface area (Å²) in [7, 11) is 4.77. The van der Waals surface area contributed by atoms with Gasteiger partial charge >= 0.3 is 0 Å². The Hall–Kier alpha value is -1.72. The van der Waals surface area contributed by atoms with Crippen LogP contribution < -0.4 is 19.9 Å². The second kappa shape index (κ2) is 5.95. The van der Waals surface area contributed by atoms with Crippen LogP contribution in [-0.2, 0) is 0 Å². The molecule has 2 rings (SSSR count). The Balaban J connectivity index is 2.51. The summed E-state index contributed by atoms with van der Waals surface area (Å²) < 4.78 is 16.1. The minimum absolute atomic E-state index is 0.249. The normalized spacial score (nSPS) is 12.0. The lowest BCUT2D eigenvalue weighted by molar-refractivity contribution is 0.321. The van der Waals surface area contributed by atoms with E-state index in [1.165, 1.54) is 0 Å². The molecule has 0 fully saturated rings. The molecule has 0 saturated heterocycles. The Labute approximate surface area is 116 Å². The second-order valence-electron chi connectivity index (χ2n) is 3.96. The lowest BCUT2D eigenvalue weighted by Gasteiger charge is -2.19. The SMILES string of the molecule is COc1ccc(C(N)c2ccsc2)c(OC)c1OC. The highest BCUT2D eigenvalue weighted by Crippen LogP contribution is 2.42. The van der Waals surface area contributed by atoms with Crippen molar-refractivity contribution in [2.45, 2.75) is 6.04 Å². The Morgan fingerprint density at radius 1 is 1.00 bits per heavy atom. The third-order valence-electron chi connectivity index (χ3n) is 2.97. The van der Waals surface area contributed by atoms with Crippen LogP contribution in [0.3, 0.4) is 0 Å². The maximum atomic E-state index is 6.28. The number of thiophene rings is 1. The van der Waals surface area contributed by atoms with Crippen LogP contribution in [0.2, 0.25) is 0 Å². The molecule has 0 saturated carbocycles. The van der Waals surface area contributed by atoms with Crippen molar-refractivity contribution in [2.75, 3.05) is 21.3 Å². The molecule has 0 radical (unpaired) electrons. The van der Waals surface area contributed by atoms with E-state index in [-0.39, 0.29) is 6.04 Å². The highest BCUT2D eigenvalue weighted by molar-refractivity contribution is 7.08. The third-order valence-corrected chi connectivity index (χ3v) is 3.67. The van der Waals surface area contributed by atoms with Gasteiger partial charge in [0.1, 0.15) is 0 Å². The number of rotatable bonds is 5. The molecule has 1 heterocycles. The fourth-order valence-electron chi connectivity index (χ4n) is 2.00. The molecule has 19 heavy (non-hydrogen) atoms. The van der Waals surface area contributed by atoms with Gasteiger partial charge in [-0.25, -0.2) is 0 Å². The van der Waals surface area contributed by atoms with Gasteiger partial charge in [-0.3, -0.25) is 0 Å². The number of benzene rings is 1. The van der Waals surface area contributed by atoms with Gasteiger partial charge in [0.2, 0.25) is 5.75 Å². The smallest absolute Gasteiger partial charge is 0.203 e. The summed E-state index contributed by atoms with van der Waals surface area (Å²) in [6.07, 6.45) is 0. The lowest BCUT2D eigenvalue weighted by Crippen LogP contribution is -2.13. The van der Waals surface area contributed by atoms with E-state index < -0.39 is 0 Å². The van der Waals surface area contributed by atoms with Crippen molar-refractivity contribution >= 4 is 11.3 Å². The molecule has 102 valence electrons. The van der Waals surface area contributed by atoms with Crippen molar-refractivity contribution < 1.29 is 14.2 Å². The van der Waals surface area contributed by atoms with Crippen LogP contribution in [0.1, 0.15) is 17.2 Å². The zero-order valence-corrected chi connectivity index (χ0v) is 12.0. The molecule has 5 heteroatoms. The summed E-state index contributed by atoms with van der Waals surface area (Å²) in [4.78, 5) is 0. The van der Waals surface area contributed by atoms with Gasteiger partial charge in [0, 0.05) is 5.56 Å². The van der Waals surface area contributed by atoms with Crippen molar-refractivity contribution in [3.05, 3.63) is 40.1 Å². The van der Waals surface area contributed by atoms with Gasteiger partial charge in [-0.2, -0.15) is 11.3 Å². The van der Waals surface area contributed by atoms with Crippen LogP contribution in [0.5, 0.6) is 17.2 Å². The van der Waals surface area contributed by atoms with E-state index >= 15 is 0 Å². The fourth-order valence-corrected chi connectivity index (χ4v) is 2.70. The van der Waals surface area contributed by atoms with Gasteiger partial charge in [0.05, 0.1) is 27.4 Å². The minimum atomic E-state index is -0.249. The van der Waals surface area contributed by atoms with E-state index in [2.05, 4.69) is 0 Å². The van der Waals surface area contributed by atoms with E-state index in [1.807, 2.05) is 29.0 Å². The monoisotopic (exact) mass is 279 g/mol. The summed E-state index contributed by atoms with van der Waals surface area (Å²) >= 11 is 1.62. The van der Waals surface area contributed by atoms with Crippen LogP contribution in [0.25, 0.3) is 0 Å². The highest BCUT2D eigenvalue weighted by atomic mass is 32.1. The quantitative estimate of drug-likeness (QED) is 0.914. The maximum absolute atomic E-state index is 6.28.